The van der Waals surface area contributed by atoms with Crippen LogP contribution < -0.4 is 0 Å². The minimum atomic E-state index is -3.52. The zero-order valence-electron chi connectivity index (χ0n) is 12.1. The van der Waals surface area contributed by atoms with Gasteiger partial charge < -0.3 is 0 Å². The Morgan fingerprint density at radius 1 is 1.18 bits per heavy atom. The van der Waals surface area contributed by atoms with Gasteiger partial charge in [-0.05, 0) is 36.2 Å². The largest absolute Gasteiger partial charge is 0.244 e. The minimum absolute atomic E-state index is 0.265. The molecule has 0 saturated carbocycles. The maximum absolute atomic E-state index is 13.0. The molecule has 0 unspecified atom stereocenters. The Hall–Kier alpha value is -1.01. The van der Waals surface area contributed by atoms with E-state index in [4.69, 9.17) is 11.6 Å². The zero-order valence-corrected chi connectivity index (χ0v) is 14.5. The average molecular weight is 354 g/mol. The molecule has 2 aromatic rings. The second kappa shape index (κ2) is 6.24. The number of thioether (sulfide) groups is 1. The van der Waals surface area contributed by atoms with E-state index >= 15 is 0 Å². The lowest BCUT2D eigenvalue weighted by atomic mass is 10.2. The summed E-state index contributed by atoms with van der Waals surface area (Å²) in [6, 6.07) is 14.5. The molecule has 1 aliphatic heterocycles. The molecule has 3 nitrogen and oxygen atoms in total. The third-order valence-corrected chi connectivity index (χ3v) is 7.20. The first-order valence-corrected chi connectivity index (χ1v) is 9.81. The molecule has 116 valence electrons. The Morgan fingerprint density at radius 3 is 2.68 bits per heavy atom. The number of hydrogen-bond donors (Lipinski definition) is 0. The van der Waals surface area contributed by atoms with Crippen molar-refractivity contribution in [2.75, 3.05) is 12.3 Å². The molecule has 6 heteroatoms. The number of rotatable bonds is 3. The van der Waals surface area contributed by atoms with Gasteiger partial charge in [0.15, 0.2) is 0 Å². The monoisotopic (exact) mass is 353 g/mol. The summed E-state index contributed by atoms with van der Waals surface area (Å²) in [4.78, 5) is 0.340. The Balaban J connectivity index is 2.01. The third-order valence-electron chi connectivity index (χ3n) is 3.62. The van der Waals surface area contributed by atoms with Gasteiger partial charge >= 0.3 is 0 Å². The molecule has 1 heterocycles. The highest BCUT2D eigenvalue weighted by atomic mass is 35.5. The van der Waals surface area contributed by atoms with E-state index < -0.39 is 10.0 Å². The number of benzene rings is 2. The first-order valence-electron chi connectivity index (χ1n) is 6.95. The predicted molar refractivity (Wildman–Crippen MR) is 91.7 cm³/mol. The summed E-state index contributed by atoms with van der Waals surface area (Å²) < 4.78 is 27.5. The molecule has 1 aliphatic rings. The van der Waals surface area contributed by atoms with Crippen LogP contribution in [0.2, 0.25) is 5.02 Å². The van der Waals surface area contributed by atoms with E-state index in [1.54, 1.807) is 40.3 Å². The van der Waals surface area contributed by atoms with E-state index in [9.17, 15) is 8.42 Å². The average Bonchev–Trinajstić information content (AvgIpc) is 2.98. The van der Waals surface area contributed by atoms with E-state index in [0.29, 0.717) is 16.5 Å². The molecule has 1 saturated heterocycles. The number of aryl methyl sites for hydroxylation is 1. The summed E-state index contributed by atoms with van der Waals surface area (Å²) >= 11 is 7.86. The topological polar surface area (TPSA) is 37.4 Å². The molecule has 0 aliphatic carbocycles. The number of nitrogens with zero attached hydrogens (tertiary/aromatic N) is 1. The van der Waals surface area contributed by atoms with Gasteiger partial charge in [0.05, 0.1) is 10.3 Å². The van der Waals surface area contributed by atoms with Gasteiger partial charge in [-0.25, -0.2) is 8.42 Å². The molecule has 3 rings (SSSR count). The summed E-state index contributed by atoms with van der Waals surface area (Å²) in [6.45, 7) is 2.39. The van der Waals surface area contributed by atoms with Crippen LogP contribution in [-0.2, 0) is 10.0 Å². The maximum atomic E-state index is 13.0. The first-order chi connectivity index (χ1) is 10.5. The van der Waals surface area contributed by atoms with Crippen molar-refractivity contribution in [3.05, 3.63) is 64.7 Å². The second-order valence-electron chi connectivity index (χ2n) is 5.18. The molecular formula is C16H16ClNO2S2. The van der Waals surface area contributed by atoms with Crippen LogP contribution in [0.1, 0.15) is 16.5 Å². The quantitative estimate of drug-likeness (QED) is 0.834. The van der Waals surface area contributed by atoms with Crippen LogP contribution in [0, 0.1) is 6.92 Å². The van der Waals surface area contributed by atoms with Gasteiger partial charge in [-0.1, -0.05) is 41.9 Å². The molecule has 0 N–H and O–H groups in total. The van der Waals surface area contributed by atoms with Crippen LogP contribution in [0.4, 0.5) is 0 Å². The lowest BCUT2D eigenvalue weighted by molar-refractivity contribution is 0.434. The number of halogens is 1. The fourth-order valence-corrected chi connectivity index (χ4v) is 6.21. The smallest absolute Gasteiger partial charge is 0.207 e. The third kappa shape index (κ3) is 2.91. The van der Waals surface area contributed by atoms with Crippen molar-refractivity contribution in [1.29, 1.82) is 0 Å². The summed E-state index contributed by atoms with van der Waals surface area (Å²) in [5, 5.41) is 0.338. The number of sulfonamides is 1. The highest BCUT2D eigenvalue weighted by molar-refractivity contribution is 8.01. The summed E-state index contributed by atoms with van der Waals surface area (Å²) in [7, 11) is -3.52. The van der Waals surface area contributed by atoms with Crippen molar-refractivity contribution < 1.29 is 8.42 Å². The summed E-state index contributed by atoms with van der Waals surface area (Å²) in [5.74, 6) is 0.765. The van der Waals surface area contributed by atoms with Crippen molar-refractivity contribution in [3.63, 3.8) is 0 Å². The standard InChI is InChI=1S/C16H16ClNO2S2/c1-12-5-4-6-13(11-12)22(19,20)18-9-10-21-16(18)14-7-2-3-8-15(14)17/h2-8,11,16H,9-10H2,1H3/t16-/m0/s1. The van der Waals surface area contributed by atoms with Crippen molar-refractivity contribution >= 4 is 33.4 Å². The Morgan fingerprint density at radius 2 is 1.95 bits per heavy atom. The minimum Gasteiger partial charge on any atom is -0.207 e. The normalized spacial score (nSPS) is 19.5. The fourth-order valence-electron chi connectivity index (χ4n) is 2.53. The van der Waals surface area contributed by atoms with E-state index in [2.05, 4.69) is 0 Å². The van der Waals surface area contributed by atoms with Crippen molar-refractivity contribution in [3.8, 4) is 0 Å². The van der Waals surface area contributed by atoms with Gasteiger partial charge in [0.2, 0.25) is 10.0 Å². The molecular weight excluding hydrogens is 338 g/mol. The lowest BCUT2D eigenvalue weighted by Crippen LogP contribution is -2.30. The molecule has 1 fully saturated rings. The van der Waals surface area contributed by atoms with Gasteiger partial charge in [0.1, 0.15) is 0 Å². The van der Waals surface area contributed by atoms with Crippen molar-refractivity contribution in [2.24, 2.45) is 0 Å². The van der Waals surface area contributed by atoms with E-state index in [0.717, 1.165) is 16.9 Å². The van der Waals surface area contributed by atoms with E-state index in [1.165, 1.54) is 0 Å². The lowest BCUT2D eigenvalue weighted by Gasteiger charge is -2.24. The van der Waals surface area contributed by atoms with Gasteiger partial charge in [-0.2, -0.15) is 4.31 Å². The molecule has 0 radical (unpaired) electrons. The predicted octanol–water partition coefficient (Wildman–Crippen LogP) is 4.08. The molecule has 0 spiro atoms. The molecule has 0 aromatic heterocycles. The molecule has 2 aromatic carbocycles. The molecule has 0 amide bonds. The fraction of sp³-hybridized carbons (Fsp3) is 0.250. The van der Waals surface area contributed by atoms with Gasteiger partial charge in [-0.15, -0.1) is 11.8 Å². The summed E-state index contributed by atoms with van der Waals surface area (Å²) in [5.41, 5.74) is 1.78. The van der Waals surface area contributed by atoms with Crippen LogP contribution in [0.5, 0.6) is 0 Å². The number of hydrogen-bond acceptors (Lipinski definition) is 3. The van der Waals surface area contributed by atoms with Gasteiger partial charge in [-0.3, -0.25) is 0 Å². The molecule has 22 heavy (non-hydrogen) atoms. The first kappa shape index (κ1) is 15.9. The van der Waals surface area contributed by atoms with Crippen molar-refractivity contribution in [2.45, 2.75) is 17.2 Å². The van der Waals surface area contributed by atoms with Crippen LogP contribution in [0.3, 0.4) is 0 Å². The molecule has 1 atom stereocenters. The Labute approximate surface area is 140 Å². The van der Waals surface area contributed by atoms with Gasteiger partial charge in [0.25, 0.3) is 0 Å². The van der Waals surface area contributed by atoms with Crippen LogP contribution in [0.25, 0.3) is 0 Å². The maximum Gasteiger partial charge on any atom is 0.244 e. The van der Waals surface area contributed by atoms with E-state index in [-0.39, 0.29) is 5.37 Å². The Bertz CT molecular complexity index is 792. The van der Waals surface area contributed by atoms with Crippen molar-refractivity contribution in [1.82, 2.24) is 4.31 Å². The van der Waals surface area contributed by atoms with E-state index in [1.807, 2.05) is 31.2 Å². The zero-order chi connectivity index (χ0) is 15.7. The van der Waals surface area contributed by atoms with Crippen LogP contribution >= 0.6 is 23.4 Å². The highest BCUT2D eigenvalue weighted by Gasteiger charge is 2.37. The SMILES string of the molecule is Cc1cccc(S(=O)(=O)N2CCS[C@H]2c2ccccc2Cl)c1. The van der Waals surface area contributed by atoms with Crippen LogP contribution in [0.15, 0.2) is 53.4 Å². The van der Waals surface area contributed by atoms with Crippen LogP contribution in [-0.4, -0.2) is 25.0 Å². The summed E-state index contributed by atoms with van der Waals surface area (Å²) in [6.07, 6.45) is 0. The van der Waals surface area contributed by atoms with Gasteiger partial charge in [0, 0.05) is 17.3 Å². The molecule has 0 bridgehead atoms. The highest BCUT2D eigenvalue weighted by Crippen LogP contribution is 2.43. The Kier molecular flexibility index (Phi) is 4.50. The second-order valence-corrected chi connectivity index (χ2v) is 8.66.